The molecule has 0 bridgehead atoms. The minimum Gasteiger partial charge on any atom is -0.326 e. The number of hydrogen-bond acceptors (Lipinski definition) is 2. The predicted molar refractivity (Wildman–Crippen MR) is 64.3 cm³/mol. The summed E-state index contributed by atoms with van der Waals surface area (Å²) in [5, 5.41) is 11.8. The highest BCUT2D eigenvalue weighted by molar-refractivity contribution is 6.32. The topological polar surface area (TPSA) is 52.9 Å². The first-order valence-electron chi connectivity index (χ1n) is 5.17. The van der Waals surface area contributed by atoms with Crippen molar-refractivity contribution in [3.63, 3.8) is 0 Å². The van der Waals surface area contributed by atoms with E-state index < -0.39 is 0 Å². The van der Waals surface area contributed by atoms with Crippen molar-refractivity contribution in [2.45, 2.75) is 26.2 Å². The molecular weight excluding hydrogens is 224 g/mol. The first kappa shape index (κ1) is 12.5. The van der Waals surface area contributed by atoms with Crippen molar-refractivity contribution in [3.05, 3.63) is 28.8 Å². The third kappa shape index (κ3) is 3.56. The van der Waals surface area contributed by atoms with E-state index in [-0.39, 0.29) is 5.91 Å². The molecule has 1 N–H and O–H groups in total. The molecule has 0 aliphatic carbocycles. The van der Waals surface area contributed by atoms with Crippen LogP contribution in [0.3, 0.4) is 0 Å². The Morgan fingerprint density at radius 1 is 1.56 bits per heavy atom. The molecule has 0 spiro atoms. The van der Waals surface area contributed by atoms with Gasteiger partial charge in [-0.05, 0) is 24.6 Å². The molecule has 16 heavy (non-hydrogen) atoms. The molecule has 4 heteroatoms. The Balaban J connectivity index is 2.65. The summed E-state index contributed by atoms with van der Waals surface area (Å²) in [6.45, 7) is 2.03. The highest BCUT2D eigenvalue weighted by Gasteiger charge is 2.04. The van der Waals surface area contributed by atoms with E-state index in [9.17, 15) is 4.79 Å². The monoisotopic (exact) mass is 236 g/mol. The van der Waals surface area contributed by atoms with E-state index in [0.29, 0.717) is 22.7 Å². The van der Waals surface area contributed by atoms with Crippen molar-refractivity contribution >= 4 is 23.2 Å². The highest BCUT2D eigenvalue weighted by atomic mass is 35.5. The van der Waals surface area contributed by atoms with E-state index in [2.05, 4.69) is 5.32 Å². The molecule has 1 amide bonds. The predicted octanol–water partition coefficient (Wildman–Crippen LogP) is 3.34. The molecule has 0 fully saturated rings. The number of halogens is 1. The minimum atomic E-state index is -0.0253. The molecule has 1 rings (SSSR count). The number of nitriles is 1. The lowest BCUT2D eigenvalue weighted by Gasteiger charge is -2.05. The molecule has 0 aliphatic rings. The molecule has 1 aromatic carbocycles. The van der Waals surface area contributed by atoms with Gasteiger partial charge < -0.3 is 5.32 Å². The first-order valence-corrected chi connectivity index (χ1v) is 5.54. The number of nitrogens with one attached hydrogen (secondary N) is 1. The van der Waals surface area contributed by atoms with Gasteiger partial charge in [0.15, 0.2) is 0 Å². The molecular formula is C12H13ClN2O. The second-order valence-electron chi connectivity index (χ2n) is 3.46. The fourth-order valence-electron chi connectivity index (χ4n) is 1.24. The maximum Gasteiger partial charge on any atom is 0.224 e. The van der Waals surface area contributed by atoms with E-state index in [1.54, 1.807) is 18.2 Å². The normalized spacial score (nSPS) is 9.56. The number of hydrogen-bond donors (Lipinski definition) is 1. The van der Waals surface area contributed by atoms with Crippen LogP contribution < -0.4 is 5.32 Å². The zero-order valence-corrected chi connectivity index (χ0v) is 9.84. The Morgan fingerprint density at radius 3 is 2.88 bits per heavy atom. The number of amides is 1. The summed E-state index contributed by atoms with van der Waals surface area (Å²) in [6, 6.07) is 6.82. The summed E-state index contributed by atoms with van der Waals surface area (Å²) < 4.78 is 0. The summed E-state index contributed by atoms with van der Waals surface area (Å²) in [7, 11) is 0. The maximum atomic E-state index is 11.4. The van der Waals surface area contributed by atoms with Gasteiger partial charge in [-0.25, -0.2) is 0 Å². The van der Waals surface area contributed by atoms with E-state index in [1.165, 1.54) is 0 Å². The fraction of sp³-hybridized carbons (Fsp3) is 0.333. The van der Waals surface area contributed by atoms with Crippen LogP contribution in [0.2, 0.25) is 5.02 Å². The number of carbonyl (C=O) groups is 1. The Kier molecular flexibility index (Phi) is 4.81. The summed E-state index contributed by atoms with van der Waals surface area (Å²) in [5.74, 6) is -0.0253. The summed E-state index contributed by atoms with van der Waals surface area (Å²) in [6.07, 6.45) is 2.37. The number of nitrogens with zero attached hydrogens (tertiary/aromatic N) is 1. The van der Waals surface area contributed by atoms with Gasteiger partial charge in [-0.1, -0.05) is 24.9 Å². The number of anilines is 1. The Labute approximate surface area is 100 Å². The number of unbranched alkanes of at least 4 members (excludes halogenated alkanes) is 1. The summed E-state index contributed by atoms with van der Waals surface area (Å²) in [5.41, 5.74) is 1.04. The molecule has 84 valence electrons. The molecule has 1 aromatic rings. The summed E-state index contributed by atoms with van der Waals surface area (Å²) >= 11 is 5.84. The first-order chi connectivity index (χ1) is 7.67. The van der Waals surface area contributed by atoms with Crippen LogP contribution >= 0.6 is 11.6 Å². The van der Waals surface area contributed by atoms with Crippen molar-refractivity contribution < 1.29 is 4.79 Å². The van der Waals surface area contributed by atoms with Crippen LogP contribution in [0.5, 0.6) is 0 Å². The molecule has 0 radical (unpaired) electrons. The van der Waals surface area contributed by atoms with Crippen molar-refractivity contribution in [3.8, 4) is 6.07 Å². The van der Waals surface area contributed by atoms with Crippen LogP contribution in [-0.2, 0) is 4.79 Å². The lowest BCUT2D eigenvalue weighted by Crippen LogP contribution is -2.10. The van der Waals surface area contributed by atoms with Gasteiger partial charge in [0.05, 0.1) is 10.6 Å². The quantitative estimate of drug-likeness (QED) is 0.872. The Bertz CT molecular complexity index is 424. The zero-order chi connectivity index (χ0) is 12.0. The van der Waals surface area contributed by atoms with Crippen molar-refractivity contribution in [1.29, 1.82) is 5.26 Å². The summed E-state index contributed by atoms with van der Waals surface area (Å²) in [4.78, 5) is 11.4. The van der Waals surface area contributed by atoms with Gasteiger partial charge in [-0.3, -0.25) is 4.79 Å². The van der Waals surface area contributed by atoms with Gasteiger partial charge in [0.2, 0.25) is 5.91 Å². The Hall–Kier alpha value is -1.53. The third-order valence-corrected chi connectivity index (χ3v) is 2.44. The standard InChI is InChI=1S/C12H13ClN2O/c1-2-3-4-12(16)15-10-6-5-9(8-14)11(13)7-10/h5-7H,2-4H2,1H3,(H,15,16). The lowest BCUT2D eigenvalue weighted by molar-refractivity contribution is -0.116. The average molecular weight is 237 g/mol. The van der Waals surface area contributed by atoms with Crippen LogP contribution in [0.25, 0.3) is 0 Å². The smallest absolute Gasteiger partial charge is 0.224 e. The van der Waals surface area contributed by atoms with Gasteiger partial charge in [0.25, 0.3) is 0 Å². The number of carbonyl (C=O) groups excluding carboxylic acids is 1. The van der Waals surface area contributed by atoms with E-state index >= 15 is 0 Å². The third-order valence-electron chi connectivity index (χ3n) is 2.13. The van der Waals surface area contributed by atoms with E-state index in [1.807, 2.05) is 13.0 Å². The second kappa shape index (κ2) is 6.14. The van der Waals surface area contributed by atoms with Gasteiger partial charge in [-0.2, -0.15) is 5.26 Å². The largest absolute Gasteiger partial charge is 0.326 e. The van der Waals surface area contributed by atoms with Crippen molar-refractivity contribution in [2.75, 3.05) is 5.32 Å². The van der Waals surface area contributed by atoms with Crippen molar-refractivity contribution in [2.24, 2.45) is 0 Å². The van der Waals surface area contributed by atoms with Gasteiger partial charge in [0, 0.05) is 12.1 Å². The van der Waals surface area contributed by atoms with Crippen LogP contribution in [0.1, 0.15) is 31.7 Å². The fourth-order valence-corrected chi connectivity index (χ4v) is 1.47. The van der Waals surface area contributed by atoms with Gasteiger partial charge in [0.1, 0.15) is 6.07 Å². The van der Waals surface area contributed by atoms with Crippen LogP contribution in [0.4, 0.5) is 5.69 Å². The minimum absolute atomic E-state index is 0.0253. The van der Waals surface area contributed by atoms with Crippen molar-refractivity contribution in [1.82, 2.24) is 0 Å². The molecule has 0 atom stereocenters. The molecule has 0 saturated carbocycles. The lowest BCUT2D eigenvalue weighted by atomic mass is 10.2. The van der Waals surface area contributed by atoms with E-state index in [4.69, 9.17) is 16.9 Å². The molecule has 0 saturated heterocycles. The van der Waals surface area contributed by atoms with Gasteiger partial charge in [-0.15, -0.1) is 0 Å². The van der Waals surface area contributed by atoms with Gasteiger partial charge >= 0.3 is 0 Å². The molecule has 3 nitrogen and oxygen atoms in total. The SMILES string of the molecule is CCCCC(=O)Nc1ccc(C#N)c(Cl)c1. The van der Waals surface area contributed by atoms with E-state index in [0.717, 1.165) is 12.8 Å². The van der Waals surface area contributed by atoms with Crippen LogP contribution in [0.15, 0.2) is 18.2 Å². The highest BCUT2D eigenvalue weighted by Crippen LogP contribution is 2.20. The van der Waals surface area contributed by atoms with Crippen LogP contribution in [-0.4, -0.2) is 5.91 Å². The molecule has 0 unspecified atom stereocenters. The second-order valence-corrected chi connectivity index (χ2v) is 3.87. The Morgan fingerprint density at radius 2 is 2.31 bits per heavy atom. The maximum absolute atomic E-state index is 11.4. The molecule has 0 heterocycles. The zero-order valence-electron chi connectivity index (χ0n) is 9.09. The molecule has 0 aromatic heterocycles. The average Bonchev–Trinajstić information content (AvgIpc) is 2.26. The van der Waals surface area contributed by atoms with Crippen LogP contribution in [0, 0.1) is 11.3 Å². The molecule has 0 aliphatic heterocycles. The number of benzene rings is 1. The number of rotatable bonds is 4.